The molecule has 2 N–H and O–H groups in total. The number of amides is 1. The number of carbonyl (C=O) groups is 1. The summed E-state index contributed by atoms with van der Waals surface area (Å²) in [5.41, 5.74) is 1.07. The minimum absolute atomic E-state index is 0.245. The summed E-state index contributed by atoms with van der Waals surface area (Å²) in [6, 6.07) is 12.1. The minimum atomic E-state index is -0.379. The second kappa shape index (κ2) is 6.31. The molecule has 23 heavy (non-hydrogen) atoms. The van der Waals surface area contributed by atoms with Crippen LogP contribution in [0.3, 0.4) is 0 Å². The summed E-state index contributed by atoms with van der Waals surface area (Å²) in [6.45, 7) is 0. The van der Waals surface area contributed by atoms with E-state index in [9.17, 15) is 9.59 Å². The summed E-state index contributed by atoms with van der Waals surface area (Å²) < 4.78 is 1.87. The molecule has 0 saturated carbocycles. The van der Waals surface area contributed by atoms with E-state index < -0.39 is 0 Å². The van der Waals surface area contributed by atoms with Crippen LogP contribution in [0.5, 0.6) is 0 Å². The lowest BCUT2D eigenvalue weighted by Crippen LogP contribution is -2.31. The van der Waals surface area contributed by atoms with Crippen LogP contribution in [0.15, 0.2) is 65.8 Å². The van der Waals surface area contributed by atoms with E-state index in [1.807, 2.05) is 48.1 Å². The number of imidazole rings is 1. The number of rotatable bonds is 4. The number of nitrogens with zero attached hydrogens (tertiary/aromatic N) is 2. The van der Waals surface area contributed by atoms with E-state index in [1.165, 1.54) is 18.3 Å². The molecular formula is C17H16N4O2. The molecule has 1 aromatic carbocycles. The summed E-state index contributed by atoms with van der Waals surface area (Å²) in [7, 11) is 1.88. The van der Waals surface area contributed by atoms with Gasteiger partial charge in [0.25, 0.3) is 5.91 Å². The molecule has 0 fully saturated rings. The molecule has 0 bridgehead atoms. The molecule has 0 radical (unpaired) electrons. The normalized spacial score (nSPS) is 11.9. The molecule has 1 atom stereocenters. The van der Waals surface area contributed by atoms with Crippen LogP contribution in [-0.4, -0.2) is 20.4 Å². The molecule has 0 aliphatic carbocycles. The van der Waals surface area contributed by atoms with Crippen LogP contribution in [0.1, 0.15) is 27.8 Å². The van der Waals surface area contributed by atoms with E-state index in [0.717, 1.165) is 11.4 Å². The molecule has 0 aliphatic heterocycles. The summed E-state index contributed by atoms with van der Waals surface area (Å²) in [4.78, 5) is 30.4. The second-order valence-electron chi connectivity index (χ2n) is 5.16. The Morgan fingerprint density at radius 2 is 2.00 bits per heavy atom. The van der Waals surface area contributed by atoms with E-state index in [1.54, 1.807) is 6.20 Å². The van der Waals surface area contributed by atoms with Crippen LogP contribution in [-0.2, 0) is 7.05 Å². The van der Waals surface area contributed by atoms with Crippen LogP contribution < -0.4 is 10.9 Å². The molecule has 2 heterocycles. The number of pyridine rings is 1. The minimum Gasteiger partial charge on any atom is -0.338 e. The van der Waals surface area contributed by atoms with Crippen molar-refractivity contribution in [3.63, 3.8) is 0 Å². The van der Waals surface area contributed by atoms with Crippen LogP contribution in [0.4, 0.5) is 0 Å². The molecule has 6 nitrogen and oxygen atoms in total. The van der Waals surface area contributed by atoms with Gasteiger partial charge in [-0.05, 0) is 11.6 Å². The van der Waals surface area contributed by atoms with Gasteiger partial charge in [-0.1, -0.05) is 30.3 Å². The maximum absolute atomic E-state index is 12.5. The molecule has 116 valence electrons. The topological polar surface area (TPSA) is 79.8 Å². The van der Waals surface area contributed by atoms with Gasteiger partial charge in [-0.25, -0.2) is 4.98 Å². The molecule has 0 saturated heterocycles. The first-order valence-corrected chi connectivity index (χ1v) is 7.17. The highest BCUT2D eigenvalue weighted by Crippen LogP contribution is 2.20. The van der Waals surface area contributed by atoms with Crippen molar-refractivity contribution in [2.45, 2.75) is 6.04 Å². The van der Waals surface area contributed by atoms with E-state index in [4.69, 9.17) is 0 Å². The van der Waals surface area contributed by atoms with Crippen molar-refractivity contribution in [2.75, 3.05) is 0 Å². The second-order valence-corrected chi connectivity index (χ2v) is 5.16. The predicted octanol–water partition coefficient (Wildman–Crippen LogP) is 1.63. The first-order chi connectivity index (χ1) is 11.1. The first kappa shape index (κ1) is 14.8. The van der Waals surface area contributed by atoms with Crippen LogP contribution in [0, 0.1) is 0 Å². The Labute approximate surface area is 132 Å². The Bertz CT molecular complexity index is 847. The zero-order valence-corrected chi connectivity index (χ0v) is 12.6. The van der Waals surface area contributed by atoms with Crippen molar-refractivity contribution < 1.29 is 4.79 Å². The highest BCUT2D eigenvalue weighted by atomic mass is 16.2. The largest absolute Gasteiger partial charge is 0.338 e. The average Bonchev–Trinajstić information content (AvgIpc) is 2.99. The Morgan fingerprint density at radius 1 is 1.22 bits per heavy atom. The van der Waals surface area contributed by atoms with Gasteiger partial charge >= 0.3 is 0 Å². The van der Waals surface area contributed by atoms with Gasteiger partial charge in [-0.3, -0.25) is 9.59 Å². The molecule has 0 aliphatic rings. The molecule has 3 rings (SSSR count). The SMILES string of the molecule is Cn1ccnc1[C@@H](NC(=O)c1ccc(=O)[nH]c1)c1ccccc1. The highest BCUT2D eigenvalue weighted by molar-refractivity contribution is 5.94. The van der Waals surface area contributed by atoms with Gasteiger partial charge in [0.2, 0.25) is 5.56 Å². The van der Waals surface area contributed by atoms with Gasteiger partial charge < -0.3 is 14.9 Å². The van der Waals surface area contributed by atoms with Gasteiger partial charge in [0.15, 0.2) is 0 Å². The zero-order chi connectivity index (χ0) is 16.2. The lowest BCUT2D eigenvalue weighted by atomic mass is 10.1. The van der Waals surface area contributed by atoms with Crippen LogP contribution in [0.25, 0.3) is 0 Å². The van der Waals surface area contributed by atoms with Crippen molar-refractivity contribution in [1.82, 2.24) is 19.9 Å². The van der Waals surface area contributed by atoms with Gasteiger partial charge in [0.1, 0.15) is 11.9 Å². The predicted molar refractivity (Wildman–Crippen MR) is 86.0 cm³/mol. The molecular weight excluding hydrogens is 292 g/mol. The fourth-order valence-electron chi connectivity index (χ4n) is 2.36. The summed E-state index contributed by atoms with van der Waals surface area (Å²) in [6.07, 6.45) is 4.92. The van der Waals surface area contributed by atoms with Gasteiger partial charge in [-0.15, -0.1) is 0 Å². The molecule has 0 unspecified atom stereocenters. The van der Waals surface area contributed by atoms with Crippen LogP contribution in [0.2, 0.25) is 0 Å². The van der Waals surface area contributed by atoms with Gasteiger partial charge in [0.05, 0.1) is 5.56 Å². The Balaban J connectivity index is 1.93. The third-order valence-electron chi connectivity index (χ3n) is 3.57. The number of hydrogen-bond donors (Lipinski definition) is 2. The third kappa shape index (κ3) is 3.21. The standard InChI is InChI=1S/C17H16N4O2/c1-21-10-9-18-16(21)15(12-5-3-2-4-6-12)20-17(23)13-7-8-14(22)19-11-13/h2-11,15H,1H3,(H,19,22)(H,20,23)/t15-/m0/s1. The highest BCUT2D eigenvalue weighted by Gasteiger charge is 2.21. The van der Waals surface area contributed by atoms with E-state index in [0.29, 0.717) is 5.56 Å². The quantitative estimate of drug-likeness (QED) is 0.769. The fraction of sp³-hybridized carbons (Fsp3) is 0.118. The van der Waals surface area contributed by atoms with Crippen molar-refractivity contribution >= 4 is 5.91 Å². The number of aryl methyl sites for hydroxylation is 1. The lowest BCUT2D eigenvalue weighted by Gasteiger charge is -2.19. The summed E-state index contributed by atoms with van der Waals surface area (Å²) >= 11 is 0. The maximum Gasteiger partial charge on any atom is 0.253 e. The zero-order valence-electron chi connectivity index (χ0n) is 12.6. The number of carbonyl (C=O) groups excluding carboxylic acids is 1. The molecule has 3 aromatic rings. The van der Waals surface area contributed by atoms with Crippen molar-refractivity contribution in [2.24, 2.45) is 7.05 Å². The van der Waals surface area contributed by atoms with Crippen molar-refractivity contribution in [1.29, 1.82) is 0 Å². The van der Waals surface area contributed by atoms with Crippen LogP contribution >= 0.6 is 0 Å². The Kier molecular flexibility index (Phi) is 4.05. The van der Waals surface area contributed by atoms with Gasteiger partial charge in [-0.2, -0.15) is 0 Å². The third-order valence-corrected chi connectivity index (χ3v) is 3.57. The van der Waals surface area contributed by atoms with Gasteiger partial charge in [0, 0.05) is 31.7 Å². The maximum atomic E-state index is 12.5. The number of H-pyrrole nitrogens is 1. The molecule has 0 spiro atoms. The number of nitrogens with one attached hydrogen (secondary N) is 2. The molecule has 1 amide bonds. The molecule has 6 heteroatoms. The first-order valence-electron chi connectivity index (χ1n) is 7.17. The number of hydrogen-bond acceptors (Lipinski definition) is 3. The molecule has 2 aromatic heterocycles. The van der Waals surface area contributed by atoms with Crippen molar-refractivity contribution in [3.8, 4) is 0 Å². The lowest BCUT2D eigenvalue weighted by molar-refractivity contribution is 0.0940. The Hall–Kier alpha value is -3.15. The average molecular weight is 308 g/mol. The summed E-state index contributed by atoms with van der Waals surface area (Å²) in [5.74, 6) is 0.451. The Morgan fingerprint density at radius 3 is 2.61 bits per heavy atom. The van der Waals surface area contributed by atoms with E-state index in [-0.39, 0.29) is 17.5 Å². The number of aromatic nitrogens is 3. The monoisotopic (exact) mass is 308 g/mol. The number of aromatic amines is 1. The fourth-order valence-corrected chi connectivity index (χ4v) is 2.36. The summed E-state index contributed by atoms with van der Waals surface area (Å²) in [5, 5.41) is 2.97. The number of benzene rings is 1. The van der Waals surface area contributed by atoms with E-state index >= 15 is 0 Å². The van der Waals surface area contributed by atoms with E-state index in [2.05, 4.69) is 15.3 Å². The smallest absolute Gasteiger partial charge is 0.253 e. The van der Waals surface area contributed by atoms with Crippen molar-refractivity contribution in [3.05, 3.63) is 88.4 Å².